The molecule has 7 heteroatoms. The molecule has 0 rings (SSSR count). The van der Waals surface area contributed by atoms with Crippen molar-refractivity contribution >= 4 is 36.0 Å². The van der Waals surface area contributed by atoms with Crippen LogP contribution < -0.4 is 16.4 Å². The number of amides is 1. The lowest BCUT2D eigenvalue weighted by Gasteiger charge is -2.27. The molecule has 0 aliphatic heterocycles. The van der Waals surface area contributed by atoms with Crippen molar-refractivity contribution in [2.75, 3.05) is 13.1 Å². The van der Waals surface area contributed by atoms with Gasteiger partial charge in [-0.25, -0.2) is 4.79 Å². The maximum Gasteiger partial charge on any atom is 0.408 e. The van der Waals surface area contributed by atoms with Crippen molar-refractivity contribution in [3.63, 3.8) is 0 Å². The number of halogens is 1. The Balaban J connectivity index is 0. The van der Waals surface area contributed by atoms with Crippen molar-refractivity contribution in [3.05, 3.63) is 0 Å². The Hall–Kier alpha value is -0.730. The summed E-state index contributed by atoms with van der Waals surface area (Å²) in [5.41, 5.74) is 4.76. The van der Waals surface area contributed by atoms with E-state index in [1.807, 2.05) is 34.6 Å². The van der Waals surface area contributed by atoms with Crippen molar-refractivity contribution in [3.8, 4) is 0 Å². The van der Waals surface area contributed by atoms with Gasteiger partial charge < -0.3 is 21.1 Å². The number of carbonyl (C=O) groups is 1. The van der Waals surface area contributed by atoms with E-state index in [1.165, 1.54) is 0 Å². The topological polar surface area (TPSA) is 88.7 Å². The predicted molar refractivity (Wildman–Crippen MR) is 103 cm³/mol. The van der Waals surface area contributed by atoms with Gasteiger partial charge in [-0.15, -0.1) is 24.0 Å². The van der Waals surface area contributed by atoms with Gasteiger partial charge in [0, 0.05) is 6.54 Å². The third-order valence-corrected chi connectivity index (χ3v) is 2.51. The van der Waals surface area contributed by atoms with Crippen LogP contribution in [0.3, 0.4) is 0 Å². The Bertz CT molecular complexity index is 363. The minimum Gasteiger partial charge on any atom is -0.444 e. The number of ether oxygens (including phenoxy) is 1. The zero-order valence-corrected chi connectivity index (χ0v) is 17.3. The van der Waals surface area contributed by atoms with E-state index in [2.05, 4.69) is 29.5 Å². The van der Waals surface area contributed by atoms with Crippen LogP contribution in [0.5, 0.6) is 0 Å². The number of nitrogens with one attached hydrogen (secondary N) is 2. The number of nitrogens with two attached hydrogens (primary N) is 1. The maximum absolute atomic E-state index is 11.7. The molecule has 0 aromatic carbocycles. The first-order valence-electron chi connectivity index (χ1n) is 7.46. The second-order valence-electron chi connectivity index (χ2n) is 7.32. The van der Waals surface area contributed by atoms with Crippen LogP contribution in [0, 0.1) is 5.92 Å². The minimum absolute atomic E-state index is 0. The van der Waals surface area contributed by atoms with Gasteiger partial charge in [0.25, 0.3) is 0 Å². The normalized spacial score (nSPS) is 12.6. The predicted octanol–water partition coefficient (Wildman–Crippen LogP) is 2.86. The largest absolute Gasteiger partial charge is 0.444 e. The van der Waals surface area contributed by atoms with Crippen LogP contribution in [0.4, 0.5) is 4.79 Å². The Labute approximate surface area is 152 Å². The van der Waals surface area contributed by atoms with Crippen LogP contribution in [0.15, 0.2) is 4.99 Å². The summed E-state index contributed by atoms with van der Waals surface area (Å²) in [5, 5.41) is 5.85. The fourth-order valence-corrected chi connectivity index (χ4v) is 1.45. The number of rotatable bonds is 6. The lowest BCUT2D eigenvalue weighted by Crippen LogP contribution is -2.48. The standard InChI is InChI=1S/C15H32N4O2.HI/c1-11(2)8-9-17-12(16)18-10-15(6,7)19-13(20)21-14(3,4)5;/h11H,8-10H2,1-7H3,(H,19,20)(H3,16,17,18);1H. The lowest BCUT2D eigenvalue weighted by molar-refractivity contribution is 0.0476. The molecule has 0 unspecified atom stereocenters. The Morgan fingerprint density at radius 3 is 2.23 bits per heavy atom. The Morgan fingerprint density at radius 2 is 1.77 bits per heavy atom. The third kappa shape index (κ3) is 14.2. The molecule has 22 heavy (non-hydrogen) atoms. The van der Waals surface area contributed by atoms with E-state index in [4.69, 9.17) is 10.5 Å². The molecule has 0 atom stereocenters. The molecule has 0 aliphatic rings. The minimum atomic E-state index is -0.521. The van der Waals surface area contributed by atoms with Gasteiger partial charge >= 0.3 is 6.09 Å². The second kappa shape index (κ2) is 10.1. The highest BCUT2D eigenvalue weighted by Crippen LogP contribution is 2.09. The van der Waals surface area contributed by atoms with Gasteiger partial charge in [-0.05, 0) is 47.0 Å². The van der Waals surface area contributed by atoms with Crippen LogP contribution in [0.2, 0.25) is 0 Å². The monoisotopic (exact) mass is 428 g/mol. The first-order chi connectivity index (χ1) is 9.41. The summed E-state index contributed by atoms with van der Waals surface area (Å²) in [6.45, 7) is 14.7. The van der Waals surface area contributed by atoms with E-state index in [0.717, 1.165) is 13.0 Å². The van der Waals surface area contributed by atoms with Gasteiger partial charge in [0.15, 0.2) is 5.96 Å². The molecule has 0 aromatic rings. The molecular weight excluding hydrogens is 395 g/mol. The highest BCUT2D eigenvalue weighted by molar-refractivity contribution is 14.0. The van der Waals surface area contributed by atoms with Crippen molar-refractivity contribution in [1.82, 2.24) is 10.6 Å². The summed E-state index contributed by atoms with van der Waals surface area (Å²) < 4.78 is 5.23. The van der Waals surface area contributed by atoms with E-state index in [-0.39, 0.29) is 24.0 Å². The second-order valence-corrected chi connectivity index (χ2v) is 7.32. The van der Waals surface area contributed by atoms with Crippen LogP contribution >= 0.6 is 24.0 Å². The van der Waals surface area contributed by atoms with Gasteiger partial charge in [-0.3, -0.25) is 4.99 Å². The smallest absolute Gasteiger partial charge is 0.408 e. The van der Waals surface area contributed by atoms with E-state index in [1.54, 1.807) is 0 Å². The fraction of sp³-hybridized carbons (Fsp3) is 0.867. The van der Waals surface area contributed by atoms with E-state index < -0.39 is 17.2 Å². The van der Waals surface area contributed by atoms with Crippen molar-refractivity contribution < 1.29 is 9.53 Å². The van der Waals surface area contributed by atoms with Crippen molar-refractivity contribution in [1.29, 1.82) is 0 Å². The third-order valence-electron chi connectivity index (χ3n) is 2.51. The van der Waals surface area contributed by atoms with Crippen LogP contribution in [0.25, 0.3) is 0 Å². The number of nitrogens with zero attached hydrogens (tertiary/aromatic N) is 1. The number of hydrogen-bond donors (Lipinski definition) is 3. The van der Waals surface area contributed by atoms with Crippen LogP contribution in [0.1, 0.15) is 54.9 Å². The molecule has 132 valence electrons. The average Bonchev–Trinajstić information content (AvgIpc) is 2.22. The molecule has 0 aliphatic carbocycles. The highest BCUT2D eigenvalue weighted by Gasteiger charge is 2.24. The number of alkyl carbamates (subject to hydrolysis) is 1. The lowest BCUT2D eigenvalue weighted by atomic mass is 10.1. The zero-order valence-electron chi connectivity index (χ0n) is 14.9. The molecule has 0 saturated carbocycles. The molecule has 0 fully saturated rings. The average molecular weight is 428 g/mol. The SMILES string of the molecule is CC(C)CCNC(N)=NCC(C)(C)NC(=O)OC(C)(C)C.I. The number of aliphatic imine (C=N–C) groups is 1. The molecule has 4 N–H and O–H groups in total. The maximum atomic E-state index is 11.7. The number of guanidine groups is 1. The molecule has 1 amide bonds. The summed E-state index contributed by atoms with van der Waals surface area (Å²) in [5.74, 6) is 1.02. The zero-order chi connectivity index (χ0) is 16.7. The van der Waals surface area contributed by atoms with Crippen LogP contribution in [-0.2, 0) is 4.74 Å². The summed E-state index contributed by atoms with van der Waals surface area (Å²) in [6, 6.07) is 0. The molecule has 0 radical (unpaired) electrons. The van der Waals surface area contributed by atoms with Gasteiger partial charge in [-0.2, -0.15) is 0 Å². The van der Waals surface area contributed by atoms with Gasteiger partial charge in [-0.1, -0.05) is 13.8 Å². The van der Waals surface area contributed by atoms with E-state index in [9.17, 15) is 4.79 Å². The highest BCUT2D eigenvalue weighted by atomic mass is 127. The fourth-order valence-electron chi connectivity index (χ4n) is 1.45. The van der Waals surface area contributed by atoms with Crippen molar-refractivity contribution in [2.45, 2.75) is 66.0 Å². The van der Waals surface area contributed by atoms with Crippen LogP contribution in [-0.4, -0.2) is 36.3 Å². The number of carbonyl (C=O) groups excluding carboxylic acids is 1. The van der Waals surface area contributed by atoms with Crippen molar-refractivity contribution in [2.24, 2.45) is 16.6 Å². The molecular formula is C15H33IN4O2. The first kappa shape index (κ1) is 23.5. The summed E-state index contributed by atoms with van der Waals surface area (Å²) in [7, 11) is 0. The first-order valence-corrected chi connectivity index (χ1v) is 7.46. The molecule has 0 aromatic heterocycles. The molecule has 0 saturated heterocycles. The summed E-state index contributed by atoms with van der Waals surface area (Å²) in [6.07, 6.45) is 0.588. The van der Waals surface area contributed by atoms with Gasteiger partial charge in [0.2, 0.25) is 0 Å². The van der Waals surface area contributed by atoms with Gasteiger partial charge in [0.1, 0.15) is 5.60 Å². The molecule has 0 heterocycles. The Kier molecular flexibility index (Phi) is 10.8. The molecule has 0 bridgehead atoms. The quantitative estimate of drug-likeness (QED) is 0.345. The molecule has 0 spiro atoms. The summed E-state index contributed by atoms with van der Waals surface area (Å²) in [4.78, 5) is 16.0. The Morgan fingerprint density at radius 1 is 1.23 bits per heavy atom. The van der Waals surface area contributed by atoms with Gasteiger partial charge in [0.05, 0.1) is 12.1 Å². The van der Waals surface area contributed by atoms with E-state index >= 15 is 0 Å². The summed E-state index contributed by atoms with van der Waals surface area (Å²) >= 11 is 0. The number of hydrogen-bond acceptors (Lipinski definition) is 3. The van der Waals surface area contributed by atoms with E-state index in [0.29, 0.717) is 18.4 Å². The molecule has 6 nitrogen and oxygen atoms in total.